The molecule has 1 aromatic carbocycles. The standard InChI is InChI=1S/C13H14F4N2O/c14-10-5-4-8(7-9(10)13(15,16)17)19-11-3-1-2-6-18-12(11)20/h4-5,7,11,19H,1-3,6H2,(H,18,20). The van der Waals surface area contributed by atoms with Gasteiger partial charge in [-0.15, -0.1) is 0 Å². The summed E-state index contributed by atoms with van der Waals surface area (Å²) < 4.78 is 51.0. The lowest BCUT2D eigenvalue weighted by Crippen LogP contribution is -2.37. The van der Waals surface area contributed by atoms with Gasteiger partial charge in [-0.3, -0.25) is 4.79 Å². The summed E-state index contributed by atoms with van der Waals surface area (Å²) in [4.78, 5) is 11.7. The molecule has 20 heavy (non-hydrogen) atoms. The fraction of sp³-hybridized carbons (Fsp3) is 0.462. The summed E-state index contributed by atoms with van der Waals surface area (Å²) in [5.74, 6) is -1.58. The highest BCUT2D eigenvalue weighted by molar-refractivity contribution is 5.84. The highest BCUT2D eigenvalue weighted by Crippen LogP contribution is 2.33. The van der Waals surface area contributed by atoms with Gasteiger partial charge in [0.15, 0.2) is 0 Å². The molecular formula is C13H14F4N2O. The molecule has 2 N–H and O–H groups in total. The van der Waals surface area contributed by atoms with Crippen molar-refractivity contribution in [2.45, 2.75) is 31.5 Å². The first kappa shape index (κ1) is 14.6. The van der Waals surface area contributed by atoms with Gasteiger partial charge in [-0.05, 0) is 37.5 Å². The van der Waals surface area contributed by atoms with Crippen molar-refractivity contribution in [3.05, 3.63) is 29.6 Å². The molecule has 0 radical (unpaired) electrons. The molecule has 0 aromatic heterocycles. The molecule has 1 saturated heterocycles. The zero-order chi connectivity index (χ0) is 14.8. The zero-order valence-electron chi connectivity index (χ0n) is 10.6. The first-order chi connectivity index (χ1) is 9.38. The average molecular weight is 290 g/mol. The number of nitrogens with one attached hydrogen (secondary N) is 2. The molecule has 0 aliphatic carbocycles. The molecule has 1 aromatic rings. The van der Waals surface area contributed by atoms with Crippen LogP contribution in [0.15, 0.2) is 18.2 Å². The van der Waals surface area contributed by atoms with Crippen LogP contribution in [-0.2, 0) is 11.0 Å². The topological polar surface area (TPSA) is 41.1 Å². The molecule has 1 aliphatic heterocycles. The van der Waals surface area contributed by atoms with E-state index in [0.717, 1.165) is 18.9 Å². The highest BCUT2D eigenvalue weighted by atomic mass is 19.4. The van der Waals surface area contributed by atoms with Crippen LogP contribution in [0.1, 0.15) is 24.8 Å². The molecule has 3 nitrogen and oxygen atoms in total. The van der Waals surface area contributed by atoms with Crippen LogP contribution in [0.2, 0.25) is 0 Å². The number of hydrogen-bond acceptors (Lipinski definition) is 2. The summed E-state index contributed by atoms with van der Waals surface area (Å²) in [5, 5.41) is 5.40. The zero-order valence-corrected chi connectivity index (χ0v) is 10.6. The summed E-state index contributed by atoms with van der Waals surface area (Å²) in [6, 6.07) is 2.04. The minimum atomic E-state index is -4.76. The quantitative estimate of drug-likeness (QED) is 0.822. The van der Waals surface area contributed by atoms with E-state index >= 15 is 0 Å². The summed E-state index contributed by atoms with van der Waals surface area (Å²) in [6.07, 6.45) is -2.59. The van der Waals surface area contributed by atoms with Gasteiger partial charge in [-0.2, -0.15) is 13.2 Å². The SMILES string of the molecule is O=C1NCCCCC1Nc1ccc(F)c(C(F)(F)F)c1. The second kappa shape index (κ2) is 5.68. The molecule has 1 fully saturated rings. The van der Waals surface area contributed by atoms with Gasteiger partial charge in [-0.1, -0.05) is 0 Å². The molecule has 0 saturated carbocycles. The van der Waals surface area contributed by atoms with Crippen molar-refractivity contribution in [1.82, 2.24) is 5.32 Å². The second-order valence-corrected chi connectivity index (χ2v) is 4.68. The van der Waals surface area contributed by atoms with E-state index in [-0.39, 0.29) is 11.6 Å². The summed E-state index contributed by atoms with van der Waals surface area (Å²) in [7, 11) is 0. The molecule has 7 heteroatoms. The largest absolute Gasteiger partial charge is 0.419 e. The Labute approximate surface area is 113 Å². The van der Waals surface area contributed by atoms with Crippen molar-refractivity contribution in [2.75, 3.05) is 11.9 Å². The number of alkyl halides is 3. The maximum absolute atomic E-state index is 13.2. The normalized spacial score (nSPS) is 20.2. The Bertz CT molecular complexity index is 502. The number of carbonyl (C=O) groups is 1. The van der Waals surface area contributed by atoms with Crippen molar-refractivity contribution in [3.63, 3.8) is 0 Å². The molecule has 110 valence electrons. The van der Waals surface area contributed by atoms with Gasteiger partial charge < -0.3 is 10.6 Å². The monoisotopic (exact) mass is 290 g/mol. The predicted molar refractivity (Wildman–Crippen MR) is 65.7 cm³/mol. The van der Waals surface area contributed by atoms with Gasteiger partial charge in [0.25, 0.3) is 0 Å². The minimum absolute atomic E-state index is 0.0841. The van der Waals surface area contributed by atoms with E-state index in [1.54, 1.807) is 0 Å². The summed E-state index contributed by atoms with van der Waals surface area (Å²) in [5.41, 5.74) is -1.25. The number of benzene rings is 1. The molecule has 1 unspecified atom stereocenters. The molecule has 1 heterocycles. The van der Waals surface area contributed by atoms with Crippen LogP contribution in [0.25, 0.3) is 0 Å². The number of hydrogen-bond donors (Lipinski definition) is 2. The van der Waals surface area contributed by atoms with Crippen molar-refractivity contribution in [2.24, 2.45) is 0 Å². The van der Waals surface area contributed by atoms with Crippen molar-refractivity contribution in [1.29, 1.82) is 0 Å². The van der Waals surface area contributed by atoms with E-state index in [0.29, 0.717) is 19.0 Å². The molecule has 0 spiro atoms. The third-order valence-corrected chi connectivity index (χ3v) is 3.15. The van der Waals surface area contributed by atoms with Crippen molar-refractivity contribution >= 4 is 11.6 Å². The molecular weight excluding hydrogens is 276 g/mol. The Morgan fingerprint density at radius 2 is 2.00 bits per heavy atom. The number of halogens is 4. The van der Waals surface area contributed by atoms with E-state index in [1.165, 1.54) is 6.07 Å². The number of rotatable bonds is 2. The van der Waals surface area contributed by atoms with Crippen LogP contribution in [0, 0.1) is 5.82 Å². The number of anilines is 1. The fourth-order valence-electron chi connectivity index (χ4n) is 2.11. The van der Waals surface area contributed by atoms with E-state index < -0.39 is 23.6 Å². The van der Waals surface area contributed by atoms with Crippen LogP contribution < -0.4 is 10.6 Å². The van der Waals surface area contributed by atoms with Crippen LogP contribution >= 0.6 is 0 Å². The van der Waals surface area contributed by atoms with Gasteiger partial charge in [0, 0.05) is 12.2 Å². The maximum atomic E-state index is 13.2. The van der Waals surface area contributed by atoms with Gasteiger partial charge in [0.2, 0.25) is 5.91 Å². The molecule has 1 aliphatic rings. The lowest BCUT2D eigenvalue weighted by atomic mass is 10.1. The third kappa shape index (κ3) is 3.40. The van der Waals surface area contributed by atoms with E-state index in [1.807, 2.05) is 0 Å². The lowest BCUT2D eigenvalue weighted by molar-refractivity contribution is -0.139. The third-order valence-electron chi connectivity index (χ3n) is 3.15. The Balaban J connectivity index is 2.19. The van der Waals surface area contributed by atoms with Gasteiger partial charge in [0.05, 0.1) is 5.56 Å². The Morgan fingerprint density at radius 3 is 2.70 bits per heavy atom. The minimum Gasteiger partial charge on any atom is -0.374 e. The van der Waals surface area contributed by atoms with Crippen LogP contribution in [0.5, 0.6) is 0 Å². The molecule has 1 atom stereocenters. The van der Waals surface area contributed by atoms with E-state index in [4.69, 9.17) is 0 Å². The van der Waals surface area contributed by atoms with Crippen LogP contribution in [0.4, 0.5) is 23.2 Å². The highest BCUT2D eigenvalue weighted by Gasteiger charge is 2.34. The van der Waals surface area contributed by atoms with E-state index in [2.05, 4.69) is 10.6 Å². The lowest BCUT2D eigenvalue weighted by Gasteiger charge is -2.18. The van der Waals surface area contributed by atoms with Crippen LogP contribution in [0.3, 0.4) is 0 Å². The Kier molecular flexibility index (Phi) is 4.15. The average Bonchev–Trinajstić information content (AvgIpc) is 2.56. The Hall–Kier alpha value is -1.79. The van der Waals surface area contributed by atoms with Crippen molar-refractivity contribution < 1.29 is 22.4 Å². The first-order valence-electron chi connectivity index (χ1n) is 6.29. The Morgan fingerprint density at radius 1 is 1.25 bits per heavy atom. The summed E-state index contributed by atoms with van der Waals surface area (Å²) in [6.45, 7) is 0.564. The van der Waals surface area contributed by atoms with Gasteiger partial charge in [0.1, 0.15) is 11.9 Å². The molecule has 1 amide bonds. The predicted octanol–water partition coefficient (Wildman–Crippen LogP) is 2.93. The maximum Gasteiger partial charge on any atom is 0.419 e. The number of carbonyl (C=O) groups excluding carboxylic acids is 1. The van der Waals surface area contributed by atoms with Gasteiger partial charge in [-0.25, -0.2) is 4.39 Å². The van der Waals surface area contributed by atoms with Crippen molar-refractivity contribution in [3.8, 4) is 0 Å². The first-order valence-corrected chi connectivity index (χ1v) is 6.29. The smallest absolute Gasteiger partial charge is 0.374 e. The molecule has 2 rings (SSSR count). The van der Waals surface area contributed by atoms with Gasteiger partial charge >= 0.3 is 6.18 Å². The van der Waals surface area contributed by atoms with Crippen LogP contribution in [-0.4, -0.2) is 18.5 Å². The second-order valence-electron chi connectivity index (χ2n) is 4.68. The van der Waals surface area contributed by atoms with E-state index in [9.17, 15) is 22.4 Å². The number of amides is 1. The summed E-state index contributed by atoms with van der Waals surface area (Å²) >= 11 is 0. The fourth-order valence-corrected chi connectivity index (χ4v) is 2.11. The molecule has 0 bridgehead atoms.